The lowest BCUT2D eigenvalue weighted by Gasteiger charge is -2.25. The summed E-state index contributed by atoms with van der Waals surface area (Å²) in [5.41, 5.74) is 0. The number of rotatable bonds is 7. The number of hydrogen-bond donors (Lipinski definition) is 2. The molecule has 17 heavy (non-hydrogen) atoms. The summed E-state index contributed by atoms with van der Waals surface area (Å²) in [6, 6.07) is 0.260. The second-order valence-electron chi connectivity index (χ2n) is 4.73. The average molecular weight is 244 g/mol. The molecule has 0 aromatic heterocycles. The first-order chi connectivity index (χ1) is 8.13. The van der Waals surface area contributed by atoms with Crippen LogP contribution in [0.3, 0.4) is 0 Å². The average Bonchev–Trinajstić information content (AvgIpc) is 2.78. The largest absolute Gasteiger partial charge is 0.395 e. The highest BCUT2D eigenvalue weighted by atomic mass is 16.5. The van der Waals surface area contributed by atoms with Crippen LogP contribution in [0.25, 0.3) is 0 Å². The first-order valence-corrected chi connectivity index (χ1v) is 6.36. The Hall–Kier alpha value is -0.650. The van der Waals surface area contributed by atoms with Crippen LogP contribution in [0.15, 0.2) is 0 Å². The monoisotopic (exact) mass is 244 g/mol. The minimum Gasteiger partial charge on any atom is -0.395 e. The maximum Gasteiger partial charge on any atom is 0.234 e. The minimum absolute atomic E-state index is 0.00245. The Morgan fingerprint density at radius 3 is 2.88 bits per heavy atom. The van der Waals surface area contributed by atoms with E-state index in [1.165, 1.54) is 0 Å². The molecule has 1 saturated heterocycles. The molecular weight excluding hydrogens is 220 g/mol. The molecule has 0 saturated carbocycles. The van der Waals surface area contributed by atoms with Crippen molar-refractivity contribution < 1.29 is 14.6 Å². The number of carbonyl (C=O) groups excluding carboxylic acids is 1. The number of aliphatic hydroxyl groups excluding tert-OH is 1. The third-order valence-electron chi connectivity index (χ3n) is 3.02. The Kier molecular flexibility index (Phi) is 6.47. The van der Waals surface area contributed by atoms with E-state index in [2.05, 4.69) is 5.32 Å². The van der Waals surface area contributed by atoms with Crippen LogP contribution < -0.4 is 5.32 Å². The molecule has 0 aromatic carbocycles. The van der Waals surface area contributed by atoms with Crippen LogP contribution in [-0.4, -0.2) is 60.9 Å². The Morgan fingerprint density at radius 1 is 1.59 bits per heavy atom. The van der Waals surface area contributed by atoms with Gasteiger partial charge in [0.1, 0.15) is 0 Å². The van der Waals surface area contributed by atoms with Crippen molar-refractivity contribution >= 4 is 5.91 Å². The summed E-state index contributed by atoms with van der Waals surface area (Å²) in [5, 5.41) is 11.8. The van der Waals surface area contributed by atoms with Gasteiger partial charge in [-0.2, -0.15) is 0 Å². The van der Waals surface area contributed by atoms with Crippen molar-refractivity contribution in [2.24, 2.45) is 0 Å². The van der Waals surface area contributed by atoms with E-state index in [9.17, 15) is 4.79 Å². The van der Waals surface area contributed by atoms with Gasteiger partial charge >= 0.3 is 0 Å². The molecule has 0 aliphatic carbocycles. The van der Waals surface area contributed by atoms with E-state index in [4.69, 9.17) is 9.84 Å². The zero-order valence-electron chi connectivity index (χ0n) is 10.8. The van der Waals surface area contributed by atoms with Crippen molar-refractivity contribution in [3.8, 4) is 0 Å². The van der Waals surface area contributed by atoms with Gasteiger partial charge in [-0.25, -0.2) is 0 Å². The molecule has 1 atom stereocenters. The molecule has 0 bridgehead atoms. The lowest BCUT2D eigenvalue weighted by Crippen LogP contribution is -2.43. The van der Waals surface area contributed by atoms with E-state index in [1.54, 1.807) is 0 Å². The van der Waals surface area contributed by atoms with Gasteiger partial charge in [0.2, 0.25) is 5.91 Å². The fourth-order valence-electron chi connectivity index (χ4n) is 1.92. The normalized spacial score (nSPS) is 20.2. The number of aliphatic hydroxyl groups is 1. The first-order valence-electron chi connectivity index (χ1n) is 6.36. The second kappa shape index (κ2) is 7.63. The smallest absolute Gasteiger partial charge is 0.234 e. The summed E-state index contributed by atoms with van der Waals surface area (Å²) >= 11 is 0. The highest BCUT2D eigenvalue weighted by Gasteiger charge is 2.18. The van der Waals surface area contributed by atoms with Crippen LogP contribution in [-0.2, 0) is 9.53 Å². The van der Waals surface area contributed by atoms with E-state index in [1.807, 2.05) is 18.7 Å². The summed E-state index contributed by atoms with van der Waals surface area (Å²) in [7, 11) is 0. The molecule has 1 fully saturated rings. The van der Waals surface area contributed by atoms with Crippen molar-refractivity contribution in [2.45, 2.75) is 38.8 Å². The molecule has 1 unspecified atom stereocenters. The maximum absolute atomic E-state index is 11.7. The summed E-state index contributed by atoms with van der Waals surface area (Å²) in [6.07, 6.45) is 2.30. The molecule has 0 aromatic rings. The number of nitrogens with zero attached hydrogens (tertiary/aromatic N) is 1. The Bertz CT molecular complexity index is 228. The quantitative estimate of drug-likeness (QED) is 0.661. The van der Waals surface area contributed by atoms with Gasteiger partial charge in [-0.1, -0.05) is 0 Å². The zero-order valence-corrected chi connectivity index (χ0v) is 10.8. The molecular formula is C12H24N2O3. The van der Waals surface area contributed by atoms with Crippen LogP contribution in [0, 0.1) is 0 Å². The molecule has 1 amide bonds. The van der Waals surface area contributed by atoms with Crippen molar-refractivity contribution in [2.75, 3.05) is 32.8 Å². The van der Waals surface area contributed by atoms with Crippen molar-refractivity contribution in [1.29, 1.82) is 0 Å². The van der Waals surface area contributed by atoms with Crippen LogP contribution in [0.5, 0.6) is 0 Å². The maximum atomic E-state index is 11.7. The number of ether oxygens (including phenoxy) is 1. The minimum atomic E-state index is 0.00245. The van der Waals surface area contributed by atoms with Crippen molar-refractivity contribution in [3.63, 3.8) is 0 Å². The van der Waals surface area contributed by atoms with E-state index in [0.717, 1.165) is 19.4 Å². The van der Waals surface area contributed by atoms with Crippen LogP contribution in [0.2, 0.25) is 0 Å². The third-order valence-corrected chi connectivity index (χ3v) is 3.02. The lowest BCUT2D eigenvalue weighted by atomic mass is 10.2. The van der Waals surface area contributed by atoms with E-state index < -0.39 is 0 Å². The van der Waals surface area contributed by atoms with Gasteiger partial charge in [-0.15, -0.1) is 0 Å². The molecule has 1 aliphatic heterocycles. The van der Waals surface area contributed by atoms with Gasteiger partial charge in [-0.05, 0) is 26.7 Å². The van der Waals surface area contributed by atoms with Gasteiger partial charge < -0.3 is 15.2 Å². The highest BCUT2D eigenvalue weighted by Crippen LogP contribution is 2.10. The van der Waals surface area contributed by atoms with Crippen LogP contribution in [0.4, 0.5) is 0 Å². The van der Waals surface area contributed by atoms with Gasteiger partial charge in [0.05, 0.1) is 19.3 Å². The second-order valence-corrected chi connectivity index (χ2v) is 4.73. The summed E-state index contributed by atoms with van der Waals surface area (Å²) < 4.78 is 5.43. The van der Waals surface area contributed by atoms with Gasteiger partial charge in [0.25, 0.3) is 0 Å². The molecule has 1 rings (SSSR count). The van der Waals surface area contributed by atoms with E-state index in [-0.39, 0.29) is 24.7 Å². The summed E-state index contributed by atoms with van der Waals surface area (Å²) in [6.45, 7) is 6.40. The van der Waals surface area contributed by atoms with Gasteiger partial charge in [0.15, 0.2) is 0 Å². The Labute approximate surface area is 103 Å². The number of hydrogen-bond acceptors (Lipinski definition) is 4. The van der Waals surface area contributed by atoms with E-state index in [0.29, 0.717) is 19.6 Å². The van der Waals surface area contributed by atoms with Gasteiger partial charge in [0, 0.05) is 25.7 Å². The molecule has 5 heteroatoms. The molecule has 0 spiro atoms. The third kappa shape index (κ3) is 5.48. The number of carbonyl (C=O) groups is 1. The van der Waals surface area contributed by atoms with E-state index >= 15 is 0 Å². The first kappa shape index (κ1) is 14.4. The molecule has 1 aliphatic rings. The molecule has 1 heterocycles. The Balaban J connectivity index is 2.21. The topological polar surface area (TPSA) is 61.8 Å². The fraction of sp³-hybridized carbons (Fsp3) is 0.917. The Morgan fingerprint density at radius 2 is 2.35 bits per heavy atom. The SMILES string of the molecule is CC(C)N(CCO)CC(=O)NCC1CCCO1. The van der Waals surface area contributed by atoms with Crippen LogP contribution >= 0.6 is 0 Å². The number of nitrogens with one attached hydrogen (secondary N) is 1. The molecule has 5 nitrogen and oxygen atoms in total. The predicted octanol–water partition coefficient (Wildman–Crippen LogP) is -0.0157. The zero-order chi connectivity index (χ0) is 12.7. The highest BCUT2D eigenvalue weighted by molar-refractivity contribution is 5.78. The van der Waals surface area contributed by atoms with Crippen LogP contribution in [0.1, 0.15) is 26.7 Å². The summed E-state index contributed by atoms with van der Waals surface area (Å²) in [4.78, 5) is 13.6. The standard InChI is InChI=1S/C12H24N2O3/c1-10(2)14(5-6-15)9-12(16)13-8-11-4-3-7-17-11/h10-11,15H,3-9H2,1-2H3,(H,13,16). The predicted molar refractivity (Wildman–Crippen MR) is 65.8 cm³/mol. The molecule has 0 radical (unpaired) electrons. The fourth-order valence-corrected chi connectivity index (χ4v) is 1.92. The molecule has 2 N–H and O–H groups in total. The lowest BCUT2D eigenvalue weighted by molar-refractivity contribution is -0.123. The number of amides is 1. The van der Waals surface area contributed by atoms with Gasteiger partial charge in [-0.3, -0.25) is 9.69 Å². The van der Waals surface area contributed by atoms with Crippen molar-refractivity contribution in [3.05, 3.63) is 0 Å². The van der Waals surface area contributed by atoms with Crippen molar-refractivity contribution in [1.82, 2.24) is 10.2 Å². The molecule has 100 valence electrons. The summed E-state index contributed by atoms with van der Waals surface area (Å²) in [5.74, 6) is 0.00245.